The van der Waals surface area contributed by atoms with E-state index in [1.165, 1.54) is 18.2 Å². The van der Waals surface area contributed by atoms with Gasteiger partial charge in [0.2, 0.25) is 0 Å². The normalized spacial score (nSPS) is 10.4. The highest BCUT2D eigenvalue weighted by Crippen LogP contribution is 2.31. The van der Waals surface area contributed by atoms with Gasteiger partial charge in [0, 0.05) is 5.39 Å². The van der Waals surface area contributed by atoms with Crippen LogP contribution in [0.4, 0.5) is 0 Å². The summed E-state index contributed by atoms with van der Waals surface area (Å²) in [6.45, 7) is 0. The molecule has 0 radical (unpaired) electrons. The fraction of sp³-hybridized carbons (Fsp3) is 0. The van der Waals surface area contributed by atoms with Crippen molar-refractivity contribution in [3.05, 3.63) is 66.2 Å². The Hall–Kier alpha value is -1.30. The van der Waals surface area contributed by atoms with E-state index in [1.807, 2.05) is 0 Å². The standard InChI is InChI=1S/C7H4Cl2O3.C7H2Cl2O/c8-5-3-1-2-4(6(5)9)7(10)12-11;8-4-2-1-3-5(6(4)9)7(3)10/h1-3,11H;1-2H. The van der Waals surface area contributed by atoms with Gasteiger partial charge >= 0.3 is 5.97 Å². The van der Waals surface area contributed by atoms with Gasteiger partial charge in [-0.3, -0.25) is 9.68 Å². The molecule has 0 aliphatic rings. The summed E-state index contributed by atoms with van der Waals surface area (Å²) in [5, 5.41) is 10.5. The van der Waals surface area contributed by atoms with E-state index in [2.05, 4.69) is 4.89 Å². The van der Waals surface area contributed by atoms with Crippen LogP contribution in [0.15, 0.2) is 35.1 Å². The van der Waals surface area contributed by atoms with Crippen molar-refractivity contribution in [1.82, 2.24) is 0 Å². The Morgan fingerprint density at radius 2 is 1.59 bits per heavy atom. The summed E-state index contributed by atoms with van der Waals surface area (Å²) < 4.78 is 0. The molecule has 22 heavy (non-hydrogen) atoms. The van der Waals surface area contributed by atoms with Crippen LogP contribution in [0.1, 0.15) is 10.4 Å². The number of benzene rings is 2. The van der Waals surface area contributed by atoms with Crippen LogP contribution in [0.2, 0.25) is 20.1 Å². The molecule has 0 saturated carbocycles. The SMILES string of the molecule is O=C(OO)c1cccc(Cl)c1Cl.O=c1c2ccc(Cl)c(Cl)c12. The van der Waals surface area contributed by atoms with Crippen molar-refractivity contribution in [1.29, 1.82) is 0 Å². The van der Waals surface area contributed by atoms with E-state index >= 15 is 0 Å². The minimum absolute atomic E-state index is 0.0249. The Kier molecular flexibility index (Phi) is 5.32. The third-order valence-corrected chi connectivity index (χ3v) is 4.38. The molecule has 0 unspecified atom stereocenters. The minimum atomic E-state index is -0.928. The van der Waals surface area contributed by atoms with Crippen molar-refractivity contribution in [2.45, 2.75) is 0 Å². The highest BCUT2D eigenvalue weighted by molar-refractivity contribution is 6.46. The molecule has 114 valence electrons. The summed E-state index contributed by atoms with van der Waals surface area (Å²) in [5.41, 5.74) is 0.0589. The second-order valence-corrected chi connectivity index (χ2v) is 5.66. The number of hydrogen-bond donors (Lipinski definition) is 1. The van der Waals surface area contributed by atoms with Crippen molar-refractivity contribution in [2.75, 3.05) is 0 Å². The van der Waals surface area contributed by atoms with Gasteiger partial charge < -0.3 is 0 Å². The monoisotopic (exact) mass is 378 g/mol. The van der Waals surface area contributed by atoms with Crippen molar-refractivity contribution in [2.24, 2.45) is 0 Å². The summed E-state index contributed by atoms with van der Waals surface area (Å²) >= 11 is 22.5. The van der Waals surface area contributed by atoms with Gasteiger partial charge in [-0.25, -0.2) is 4.79 Å². The Labute approximate surface area is 144 Å². The van der Waals surface area contributed by atoms with Gasteiger partial charge in [-0.05, 0) is 24.3 Å². The van der Waals surface area contributed by atoms with Gasteiger partial charge in [0.05, 0.1) is 31.0 Å². The molecule has 0 fully saturated rings. The van der Waals surface area contributed by atoms with Crippen LogP contribution in [0.5, 0.6) is 0 Å². The van der Waals surface area contributed by atoms with E-state index in [0.29, 0.717) is 20.8 Å². The number of hydrogen-bond acceptors (Lipinski definition) is 4. The molecule has 0 aliphatic heterocycles. The van der Waals surface area contributed by atoms with E-state index in [1.54, 1.807) is 12.1 Å². The van der Waals surface area contributed by atoms with Crippen LogP contribution in [-0.2, 0) is 4.89 Å². The second kappa shape index (κ2) is 6.86. The lowest BCUT2D eigenvalue weighted by Crippen LogP contribution is -2.02. The average Bonchev–Trinajstić information content (AvgIpc) is 3.17. The van der Waals surface area contributed by atoms with Crippen molar-refractivity contribution < 1.29 is 14.9 Å². The first-order valence-electron chi connectivity index (χ1n) is 5.71. The molecule has 0 bridgehead atoms. The maximum Gasteiger partial charge on any atom is 0.374 e. The number of rotatable bonds is 1. The van der Waals surface area contributed by atoms with Gasteiger partial charge in [0.15, 0.2) is 5.43 Å². The smallest absolute Gasteiger partial charge is 0.295 e. The first-order chi connectivity index (χ1) is 10.4. The second-order valence-electron chi connectivity index (χ2n) is 4.09. The Morgan fingerprint density at radius 3 is 2.18 bits per heavy atom. The lowest BCUT2D eigenvalue weighted by Gasteiger charge is -2.00. The zero-order chi connectivity index (χ0) is 16.4. The van der Waals surface area contributed by atoms with Crippen molar-refractivity contribution in [3.8, 4) is 0 Å². The number of halogens is 4. The summed E-state index contributed by atoms with van der Waals surface area (Å²) in [6, 6.07) is 7.77. The summed E-state index contributed by atoms with van der Waals surface area (Å²) in [4.78, 5) is 25.0. The van der Waals surface area contributed by atoms with Crippen LogP contribution < -0.4 is 5.43 Å². The van der Waals surface area contributed by atoms with E-state index < -0.39 is 5.97 Å². The zero-order valence-corrected chi connectivity index (χ0v) is 13.6. The predicted molar refractivity (Wildman–Crippen MR) is 87.1 cm³/mol. The third kappa shape index (κ3) is 3.37. The van der Waals surface area contributed by atoms with Gasteiger partial charge in [-0.15, -0.1) is 0 Å². The first kappa shape index (κ1) is 17.1. The minimum Gasteiger partial charge on any atom is -0.295 e. The van der Waals surface area contributed by atoms with Gasteiger partial charge in [-0.2, -0.15) is 5.26 Å². The lowest BCUT2D eigenvalue weighted by atomic mass is 10.2. The van der Waals surface area contributed by atoms with Crippen LogP contribution in [-0.4, -0.2) is 11.2 Å². The largest absolute Gasteiger partial charge is 0.374 e. The van der Waals surface area contributed by atoms with Gasteiger partial charge in [-0.1, -0.05) is 52.5 Å². The van der Waals surface area contributed by atoms with Gasteiger partial charge in [0.25, 0.3) is 0 Å². The van der Waals surface area contributed by atoms with E-state index in [4.69, 9.17) is 51.7 Å². The molecule has 0 aromatic heterocycles. The quantitative estimate of drug-likeness (QED) is 0.477. The molecule has 4 nitrogen and oxygen atoms in total. The average molecular weight is 380 g/mol. The zero-order valence-electron chi connectivity index (χ0n) is 10.6. The van der Waals surface area contributed by atoms with Crippen molar-refractivity contribution in [3.63, 3.8) is 0 Å². The topological polar surface area (TPSA) is 63.6 Å². The van der Waals surface area contributed by atoms with Crippen molar-refractivity contribution >= 4 is 63.1 Å². The Bertz CT molecular complexity index is 865. The van der Waals surface area contributed by atoms with E-state index in [9.17, 15) is 9.59 Å². The fourth-order valence-electron chi connectivity index (χ4n) is 1.62. The molecule has 3 aromatic rings. The molecule has 0 atom stereocenters. The van der Waals surface area contributed by atoms with Crippen LogP contribution >= 0.6 is 46.4 Å². The molecule has 3 rings (SSSR count). The molecule has 0 spiro atoms. The summed E-state index contributed by atoms with van der Waals surface area (Å²) in [5.74, 6) is -0.928. The maximum atomic E-state index is 10.8. The highest BCUT2D eigenvalue weighted by Gasteiger charge is 2.17. The van der Waals surface area contributed by atoms with Crippen LogP contribution in [0, 0.1) is 0 Å². The lowest BCUT2D eigenvalue weighted by molar-refractivity contribution is -0.182. The molecule has 3 aromatic carbocycles. The number of carbonyl (C=O) groups is 1. The molecule has 1 N–H and O–H groups in total. The molecule has 0 saturated heterocycles. The number of fused-ring (bicyclic) bond motifs is 1. The van der Waals surface area contributed by atoms with E-state index in [0.717, 1.165) is 0 Å². The predicted octanol–water partition coefficient (Wildman–Crippen LogP) is 5.01. The fourth-order valence-corrected chi connectivity index (χ4v) is 2.41. The first-order valence-corrected chi connectivity index (χ1v) is 7.22. The highest BCUT2D eigenvalue weighted by atomic mass is 35.5. The van der Waals surface area contributed by atoms with Gasteiger partial charge in [0.1, 0.15) is 0 Å². The molecule has 0 amide bonds. The summed E-state index contributed by atoms with van der Waals surface area (Å²) in [6.07, 6.45) is 0. The van der Waals surface area contributed by atoms with E-state index in [-0.39, 0.29) is 21.0 Å². The molecular weight excluding hydrogens is 374 g/mol. The number of carbonyl (C=O) groups excluding carboxylic acids is 1. The molecule has 0 heterocycles. The maximum absolute atomic E-state index is 10.8. The summed E-state index contributed by atoms with van der Waals surface area (Å²) in [7, 11) is 0. The molecule has 0 aliphatic carbocycles. The Balaban J connectivity index is 0.000000162. The van der Waals surface area contributed by atoms with Crippen LogP contribution in [0.25, 0.3) is 10.8 Å². The molecule has 8 heteroatoms. The molecular formula is C14H6Cl4O4. The van der Waals surface area contributed by atoms with Crippen LogP contribution in [0.3, 0.4) is 0 Å². The Morgan fingerprint density at radius 1 is 0.955 bits per heavy atom. The third-order valence-electron chi connectivity index (χ3n) is 2.76.